The molecule has 0 amide bonds. The Morgan fingerprint density at radius 1 is 1.17 bits per heavy atom. The van der Waals surface area contributed by atoms with Gasteiger partial charge in [0.15, 0.2) is 5.78 Å². The van der Waals surface area contributed by atoms with Crippen LogP contribution in [0.5, 0.6) is 0 Å². The Morgan fingerprint density at radius 3 is 2.17 bits per heavy atom. The number of carbonyl (C=O) groups excluding carboxylic acids is 1. The minimum Gasteiger partial charge on any atom is -0.301 e. The van der Waals surface area contributed by atoms with Gasteiger partial charge in [-0.2, -0.15) is 0 Å². The number of hydrogen-bond donors (Lipinski definition) is 0. The standard InChI is InChI=1S/C16H23NO/c1-12(2)17-10-8-16(9-11-17)15-6-4-14(5-7-15)13(3)18/h4-7,12,16H,8-11H2,1-3H3. The zero-order valence-corrected chi connectivity index (χ0v) is 11.6. The van der Waals surface area contributed by atoms with Crippen molar-refractivity contribution in [1.82, 2.24) is 4.90 Å². The van der Waals surface area contributed by atoms with E-state index in [1.54, 1.807) is 6.92 Å². The third kappa shape index (κ3) is 2.99. The molecule has 1 fully saturated rings. The molecule has 18 heavy (non-hydrogen) atoms. The summed E-state index contributed by atoms with van der Waals surface area (Å²) in [6, 6.07) is 8.85. The first kappa shape index (κ1) is 13.3. The van der Waals surface area contributed by atoms with Crippen LogP contribution in [0.1, 0.15) is 55.5 Å². The first-order valence-corrected chi connectivity index (χ1v) is 6.93. The zero-order valence-electron chi connectivity index (χ0n) is 11.6. The quantitative estimate of drug-likeness (QED) is 0.760. The second kappa shape index (κ2) is 5.66. The molecule has 0 radical (unpaired) electrons. The Bertz CT molecular complexity index is 400. The molecule has 2 rings (SSSR count). The van der Waals surface area contributed by atoms with Crippen LogP contribution in [0.4, 0.5) is 0 Å². The summed E-state index contributed by atoms with van der Waals surface area (Å²) in [6.07, 6.45) is 2.47. The first-order chi connectivity index (χ1) is 8.58. The average Bonchev–Trinajstić information content (AvgIpc) is 2.39. The Labute approximate surface area is 110 Å². The minimum absolute atomic E-state index is 0.149. The third-order valence-corrected chi connectivity index (χ3v) is 4.05. The lowest BCUT2D eigenvalue weighted by Gasteiger charge is -2.34. The molecule has 0 unspecified atom stereocenters. The van der Waals surface area contributed by atoms with E-state index in [1.165, 1.54) is 31.5 Å². The van der Waals surface area contributed by atoms with E-state index in [2.05, 4.69) is 30.9 Å². The van der Waals surface area contributed by atoms with E-state index in [0.29, 0.717) is 12.0 Å². The maximum Gasteiger partial charge on any atom is 0.159 e. The summed E-state index contributed by atoms with van der Waals surface area (Å²) in [6.45, 7) is 8.54. The second-order valence-corrected chi connectivity index (χ2v) is 5.58. The Hall–Kier alpha value is -1.15. The summed E-state index contributed by atoms with van der Waals surface area (Å²) in [5.74, 6) is 0.817. The monoisotopic (exact) mass is 245 g/mol. The molecule has 2 heteroatoms. The minimum atomic E-state index is 0.149. The molecule has 0 N–H and O–H groups in total. The lowest BCUT2D eigenvalue weighted by Crippen LogP contribution is -2.37. The van der Waals surface area contributed by atoms with Gasteiger partial charge >= 0.3 is 0 Å². The smallest absolute Gasteiger partial charge is 0.159 e. The lowest BCUT2D eigenvalue weighted by atomic mass is 9.88. The fraction of sp³-hybridized carbons (Fsp3) is 0.562. The van der Waals surface area contributed by atoms with Crippen molar-refractivity contribution in [3.63, 3.8) is 0 Å². The van der Waals surface area contributed by atoms with Gasteiger partial charge in [0.2, 0.25) is 0 Å². The molecule has 1 aliphatic rings. The first-order valence-electron chi connectivity index (χ1n) is 6.93. The summed E-state index contributed by atoms with van der Waals surface area (Å²) >= 11 is 0. The van der Waals surface area contributed by atoms with Gasteiger partial charge in [0.05, 0.1) is 0 Å². The van der Waals surface area contributed by atoms with Crippen molar-refractivity contribution in [2.45, 2.75) is 45.6 Å². The summed E-state index contributed by atoms with van der Waals surface area (Å²) in [7, 11) is 0. The molecule has 0 saturated carbocycles. The van der Waals surface area contributed by atoms with Gasteiger partial charge in [0.1, 0.15) is 0 Å². The van der Waals surface area contributed by atoms with Crippen LogP contribution in [-0.4, -0.2) is 29.8 Å². The predicted octanol–water partition coefficient (Wildman–Crippen LogP) is 3.48. The van der Waals surface area contributed by atoms with Gasteiger partial charge in [-0.3, -0.25) is 4.79 Å². The van der Waals surface area contributed by atoms with E-state index in [4.69, 9.17) is 0 Å². The molecule has 0 atom stereocenters. The number of nitrogens with zero attached hydrogens (tertiary/aromatic N) is 1. The van der Waals surface area contributed by atoms with E-state index >= 15 is 0 Å². The van der Waals surface area contributed by atoms with Crippen molar-refractivity contribution in [2.24, 2.45) is 0 Å². The second-order valence-electron chi connectivity index (χ2n) is 5.58. The highest BCUT2D eigenvalue weighted by atomic mass is 16.1. The number of carbonyl (C=O) groups is 1. The molecule has 1 aromatic carbocycles. The average molecular weight is 245 g/mol. The number of piperidine rings is 1. The van der Waals surface area contributed by atoms with Crippen molar-refractivity contribution in [2.75, 3.05) is 13.1 Å². The van der Waals surface area contributed by atoms with Gasteiger partial charge in [-0.1, -0.05) is 24.3 Å². The van der Waals surface area contributed by atoms with Crippen LogP contribution in [0, 0.1) is 0 Å². The number of benzene rings is 1. The van der Waals surface area contributed by atoms with Crippen molar-refractivity contribution in [1.29, 1.82) is 0 Å². The van der Waals surface area contributed by atoms with Crippen molar-refractivity contribution < 1.29 is 4.79 Å². The normalized spacial score (nSPS) is 18.2. The molecular formula is C16H23NO. The van der Waals surface area contributed by atoms with E-state index in [1.807, 2.05) is 12.1 Å². The summed E-state index contributed by atoms with van der Waals surface area (Å²) in [5.41, 5.74) is 2.21. The third-order valence-electron chi connectivity index (χ3n) is 4.05. The Balaban J connectivity index is 1.99. The summed E-state index contributed by atoms with van der Waals surface area (Å²) in [5, 5.41) is 0. The van der Waals surface area contributed by atoms with Crippen molar-refractivity contribution in [3.05, 3.63) is 35.4 Å². The molecule has 2 nitrogen and oxygen atoms in total. The highest BCUT2D eigenvalue weighted by Crippen LogP contribution is 2.28. The van der Waals surface area contributed by atoms with Crippen molar-refractivity contribution in [3.8, 4) is 0 Å². The molecule has 0 spiro atoms. The molecular weight excluding hydrogens is 222 g/mol. The highest BCUT2D eigenvalue weighted by molar-refractivity contribution is 5.94. The van der Waals surface area contributed by atoms with Crippen LogP contribution in [0.25, 0.3) is 0 Å². The maximum atomic E-state index is 11.2. The topological polar surface area (TPSA) is 20.3 Å². The number of Topliss-reactive ketones (excluding diaryl/α,β-unsaturated/α-hetero) is 1. The molecule has 1 aliphatic heterocycles. The Morgan fingerprint density at radius 2 is 1.72 bits per heavy atom. The predicted molar refractivity (Wildman–Crippen MR) is 75.1 cm³/mol. The van der Waals surface area contributed by atoms with Gasteiger partial charge in [0.25, 0.3) is 0 Å². The molecule has 98 valence electrons. The van der Waals surface area contributed by atoms with Gasteiger partial charge < -0.3 is 4.90 Å². The van der Waals surface area contributed by atoms with E-state index in [9.17, 15) is 4.79 Å². The van der Waals surface area contributed by atoms with Crippen LogP contribution < -0.4 is 0 Å². The highest BCUT2D eigenvalue weighted by Gasteiger charge is 2.21. The van der Waals surface area contributed by atoms with E-state index in [-0.39, 0.29) is 5.78 Å². The zero-order chi connectivity index (χ0) is 13.1. The van der Waals surface area contributed by atoms with Crippen LogP contribution in [0.3, 0.4) is 0 Å². The largest absolute Gasteiger partial charge is 0.301 e. The van der Waals surface area contributed by atoms with E-state index in [0.717, 1.165) is 5.56 Å². The van der Waals surface area contributed by atoms with Gasteiger partial charge in [-0.25, -0.2) is 0 Å². The number of ketones is 1. The van der Waals surface area contributed by atoms with Crippen molar-refractivity contribution >= 4 is 5.78 Å². The molecule has 1 heterocycles. The molecule has 0 aromatic heterocycles. The fourth-order valence-electron chi connectivity index (χ4n) is 2.74. The van der Waals surface area contributed by atoms with Crippen LogP contribution in [0.2, 0.25) is 0 Å². The van der Waals surface area contributed by atoms with Gasteiger partial charge in [-0.05, 0) is 58.2 Å². The molecule has 0 bridgehead atoms. The van der Waals surface area contributed by atoms with E-state index < -0.39 is 0 Å². The summed E-state index contributed by atoms with van der Waals surface area (Å²) in [4.78, 5) is 13.8. The number of likely N-dealkylation sites (tertiary alicyclic amines) is 1. The molecule has 1 aromatic rings. The lowest BCUT2D eigenvalue weighted by molar-refractivity contribution is 0.101. The Kier molecular flexibility index (Phi) is 4.18. The van der Waals surface area contributed by atoms with Crippen LogP contribution >= 0.6 is 0 Å². The SMILES string of the molecule is CC(=O)c1ccc(C2CCN(C(C)C)CC2)cc1. The molecule has 0 aliphatic carbocycles. The summed E-state index contributed by atoms with van der Waals surface area (Å²) < 4.78 is 0. The number of rotatable bonds is 3. The van der Waals surface area contributed by atoms with Crippen LogP contribution in [0.15, 0.2) is 24.3 Å². The fourth-order valence-corrected chi connectivity index (χ4v) is 2.74. The molecule has 1 saturated heterocycles. The van der Waals surface area contributed by atoms with Gasteiger partial charge in [0, 0.05) is 11.6 Å². The maximum absolute atomic E-state index is 11.2. The number of hydrogen-bond acceptors (Lipinski definition) is 2. The van der Waals surface area contributed by atoms with Gasteiger partial charge in [-0.15, -0.1) is 0 Å². The van der Waals surface area contributed by atoms with Crippen LogP contribution in [-0.2, 0) is 0 Å².